The Morgan fingerprint density at radius 1 is 1.14 bits per heavy atom. The summed E-state index contributed by atoms with van der Waals surface area (Å²) in [5.74, 6) is 0.160. The zero-order valence-corrected chi connectivity index (χ0v) is 14.7. The molecular formula is C17H35N3O. The van der Waals surface area contributed by atoms with E-state index in [0.29, 0.717) is 0 Å². The lowest BCUT2D eigenvalue weighted by molar-refractivity contribution is -0.132. The number of nitrogens with one attached hydrogen (secondary N) is 2. The van der Waals surface area contributed by atoms with Crippen molar-refractivity contribution in [3.8, 4) is 0 Å². The van der Waals surface area contributed by atoms with Crippen molar-refractivity contribution in [1.29, 1.82) is 0 Å². The predicted octanol–water partition coefficient (Wildman–Crippen LogP) is 2.39. The molecular weight excluding hydrogens is 262 g/mol. The molecule has 0 radical (unpaired) electrons. The molecule has 2 N–H and O–H groups in total. The zero-order valence-electron chi connectivity index (χ0n) is 14.7. The normalized spacial score (nSPS) is 17.8. The number of nitrogens with zero attached hydrogens (tertiary/aromatic N) is 1. The van der Waals surface area contributed by atoms with Crippen LogP contribution in [-0.4, -0.2) is 49.1 Å². The maximum absolute atomic E-state index is 12.6. The Kier molecular flexibility index (Phi) is 7.14. The number of rotatable bonds is 8. The van der Waals surface area contributed by atoms with E-state index in [2.05, 4.69) is 36.3 Å². The molecule has 0 aromatic rings. The fourth-order valence-electron chi connectivity index (χ4n) is 2.85. The third-order valence-corrected chi connectivity index (χ3v) is 4.65. The van der Waals surface area contributed by atoms with Crippen molar-refractivity contribution in [2.75, 3.05) is 32.7 Å². The first kappa shape index (κ1) is 18.4. The summed E-state index contributed by atoms with van der Waals surface area (Å²) in [4.78, 5) is 14.8. The molecule has 4 heteroatoms. The third kappa shape index (κ3) is 5.95. The Hall–Kier alpha value is -0.610. The van der Waals surface area contributed by atoms with Gasteiger partial charge in [-0.2, -0.15) is 0 Å². The maximum atomic E-state index is 12.6. The van der Waals surface area contributed by atoms with Gasteiger partial charge in [0.05, 0.1) is 5.54 Å². The minimum atomic E-state index is -0.415. The van der Waals surface area contributed by atoms with Crippen molar-refractivity contribution in [2.45, 2.75) is 65.8 Å². The second kappa shape index (κ2) is 8.14. The summed E-state index contributed by atoms with van der Waals surface area (Å²) in [7, 11) is 0. The van der Waals surface area contributed by atoms with Crippen LogP contribution in [0.1, 0.15) is 60.3 Å². The van der Waals surface area contributed by atoms with E-state index in [9.17, 15) is 4.79 Å². The Morgan fingerprint density at radius 3 is 2.33 bits per heavy atom. The van der Waals surface area contributed by atoms with Crippen LogP contribution in [0, 0.1) is 5.41 Å². The molecule has 0 atom stereocenters. The Labute approximate surface area is 131 Å². The SMILES string of the molecule is CCCCCC(C)(C)CNC(=O)C(C)(C)N1CCNCC1. The van der Waals surface area contributed by atoms with E-state index in [4.69, 9.17) is 0 Å². The van der Waals surface area contributed by atoms with Crippen molar-refractivity contribution in [3.05, 3.63) is 0 Å². The van der Waals surface area contributed by atoms with Crippen LogP contribution in [0.4, 0.5) is 0 Å². The van der Waals surface area contributed by atoms with Gasteiger partial charge in [0.2, 0.25) is 5.91 Å². The molecule has 1 amide bonds. The molecule has 1 rings (SSSR count). The Morgan fingerprint density at radius 2 is 1.76 bits per heavy atom. The third-order valence-electron chi connectivity index (χ3n) is 4.65. The lowest BCUT2D eigenvalue weighted by Crippen LogP contribution is -2.60. The van der Waals surface area contributed by atoms with Crippen LogP contribution < -0.4 is 10.6 Å². The summed E-state index contributed by atoms with van der Waals surface area (Å²) in [5, 5.41) is 6.52. The molecule has 1 aliphatic heterocycles. The topological polar surface area (TPSA) is 44.4 Å². The Bertz CT molecular complexity index is 320. The summed E-state index contributed by atoms with van der Waals surface area (Å²) in [6.07, 6.45) is 4.96. The van der Waals surface area contributed by atoms with Crippen LogP contribution in [0.15, 0.2) is 0 Å². The highest BCUT2D eigenvalue weighted by molar-refractivity contribution is 5.85. The van der Waals surface area contributed by atoms with Gasteiger partial charge in [-0.3, -0.25) is 9.69 Å². The van der Waals surface area contributed by atoms with Gasteiger partial charge in [-0.25, -0.2) is 0 Å². The van der Waals surface area contributed by atoms with Crippen LogP contribution in [0.5, 0.6) is 0 Å². The molecule has 4 nitrogen and oxygen atoms in total. The van der Waals surface area contributed by atoms with Crippen molar-refractivity contribution in [1.82, 2.24) is 15.5 Å². The number of piperazine rings is 1. The first-order chi connectivity index (χ1) is 9.79. The lowest BCUT2D eigenvalue weighted by Gasteiger charge is -2.40. The van der Waals surface area contributed by atoms with Gasteiger partial charge in [0.1, 0.15) is 0 Å². The van der Waals surface area contributed by atoms with Crippen LogP contribution in [0.3, 0.4) is 0 Å². The average molecular weight is 297 g/mol. The van der Waals surface area contributed by atoms with Crippen molar-refractivity contribution in [2.24, 2.45) is 5.41 Å². The van der Waals surface area contributed by atoms with Crippen LogP contribution >= 0.6 is 0 Å². The van der Waals surface area contributed by atoms with Gasteiger partial charge in [0.25, 0.3) is 0 Å². The highest BCUT2D eigenvalue weighted by atomic mass is 16.2. The van der Waals surface area contributed by atoms with E-state index >= 15 is 0 Å². The summed E-state index contributed by atoms with van der Waals surface area (Å²) < 4.78 is 0. The molecule has 0 aliphatic carbocycles. The van der Waals surface area contributed by atoms with E-state index in [1.54, 1.807) is 0 Å². The van der Waals surface area contributed by atoms with Crippen molar-refractivity contribution >= 4 is 5.91 Å². The molecule has 0 bridgehead atoms. The van der Waals surface area contributed by atoms with Gasteiger partial charge >= 0.3 is 0 Å². The van der Waals surface area contributed by atoms with Crippen LogP contribution in [0.2, 0.25) is 0 Å². The second-order valence-electron chi connectivity index (χ2n) is 7.60. The molecule has 21 heavy (non-hydrogen) atoms. The Balaban J connectivity index is 2.43. The lowest BCUT2D eigenvalue weighted by atomic mass is 9.86. The molecule has 0 spiro atoms. The maximum Gasteiger partial charge on any atom is 0.239 e. The molecule has 1 heterocycles. The monoisotopic (exact) mass is 297 g/mol. The highest BCUT2D eigenvalue weighted by Gasteiger charge is 2.35. The minimum Gasteiger partial charge on any atom is -0.354 e. The molecule has 1 aliphatic rings. The molecule has 124 valence electrons. The zero-order chi connectivity index (χ0) is 15.9. The van der Waals surface area contributed by atoms with Gasteiger partial charge < -0.3 is 10.6 Å². The number of carbonyl (C=O) groups excluding carboxylic acids is 1. The van der Waals surface area contributed by atoms with E-state index < -0.39 is 5.54 Å². The molecule has 0 aromatic heterocycles. The van der Waals surface area contributed by atoms with E-state index in [-0.39, 0.29) is 11.3 Å². The summed E-state index contributed by atoms with van der Waals surface area (Å²) in [6, 6.07) is 0. The van der Waals surface area contributed by atoms with E-state index in [0.717, 1.165) is 32.7 Å². The summed E-state index contributed by atoms with van der Waals surface area (Å²) in [5.41, 5.74) is -0.230. The second-order valence-corrected chi connectivity index (χ2v) is 7.60. The van der Waals surface area contributed by atoms with Crippen molar-refractivity contribution in [3.63, 3.8) is 0 Å². The quantitative estimate of drug-likeness (QED) is 0.676. The minimum absolute atomic E-state index is 0.160. The van der Waals surface area contributed by atoms with Gasteiger partial charge in [-0.05, 0) is 25.7 Å². The van der Waals surface area contributed by atoms with E-state index in [1.807, 2.05) is 13.8 Å². The smallest absolute Gasteiger partial charge is 0.239 e. The number of hydrogen-bond donors (Lipinski definition) is 2. The van der Waals surface area contributed by atoms with Gasteiger partial charge in [0, 0.05) is 32.7 Å². The van der Waals surface area contributed by atoms with Crippen LogP contribution in [-0.2, 0) is 4.79 Å². The molecule has 0 unspecified atom stereocenters. The first-order valence-corrected chi connectivity index (χ1v) is 8.54. The standard InChI is InChI=1S/C17H35N3O/c1-6-7-8-9-16(2,3)14-19-15(21)17(4,5)20-12-10-18-11-13-20/h18H,6-14H2,1-5H3,(H,19,21). The predicted molar refractivity (Wildman–Crippen MR) is 89.5 cm³/mol. The number of carbonyl (C=O) groups is 1. The molecule has 0 saturated carbocycles. The summed E-state index contributed by atoms with van der Waals surface area (Å²) in [6.45, 7) is 15.4. The fourth-order valence-corrected chi connectivity index (χ4v) is 2.85. The average Bonchev–Trinajstić information content (AvgIpc) is 2.46. The number of unbranched alkanes of at least 4 members (excludes halogenated alkanes) is 2. The van der Waals surface area contributed by atoms with E-state index in [1.165, 1.54) is 25.7 Å². The van der Waals surface area contributed by atoms with Gasteiger partial charge in [-0.1, -0.05) is 40.0 Å². The molecule has 1 saturated heterocycles. The number of amides is 1. The fraction of sp³-hybridized carbons (Fsp3) is 0.941. The highest BCUT2D eigenvalue weighted by Crippen LogP contribution is 2.23. The summed E-state index contributed by atoms with van der Waals surface area (Å²) >= 11 is 0. The van der Waals surface area contributed by atoms with Crippen molar-refractivity contribution < 1.29 is 4.79 Å². The van der Waals surface area contributed by atoms with Crippen LogP contribution in [0.25, 0.3) is 0 Å². The van der Waals surface area contributed by atoms with Gasteiger partial charge in [0.15, 0.2) is 0 Å². The first-order valence-electron chi connectivity index (χ1n) is 8.54. The van der Waals surface area contributed by atoms with Gasteiger partial charge in [-0.15, -0.1) is 0 Å². The largest absolute Gasteiger partial charge is 0.354 e. The molecule has 1 fully saturated rings. The number of hydrogen-bond acceptors (Lipinski definition) is 3. The molecule has 0 aromatic carbocycles.